The summed E-state index contributed by atoms with van der Waals surface area (Å²) in [4.78, 5) is 19.0. The molecule has 4 nitrogen and oxygen atoms in total. The molecule has 0 bridgehead atoms. The van der Waals surface area contributed by atoms with Gasteiger partial charge in [-0.25, -0.2) is 0 Å². The highest BCUT2D eigenvalue weighted by molar-refractivity contribution is 7.76. The van der Waals surface area contributed by atoms with Crippen LogP contribution in [-0.2, 0) is 0 Å². The Labute approximate surface area is 186 Å². The predicted octanol–water partition coefficient (Wildman–Crippen LogP) is 4.00. The molecule has 0 aliphatic carbocycles. The molecule has 31 heavy (non-hydrogen) atoms. The van der Waals surface area contributed by atoms with Crippen LogP contribution in [0.3, 0.4) is 0 Å². The summed E-state index contributed by atoms with van der Waals surface area (Å²) in [7, 11) is -1.37. The molecule has 156 valence electrons. The number of hydrogen-bond donors (Lipinski definition) is 0. The van der Waals surface area contributed by atoms with Crippen molar-refractivity contribution in [3.8, 4) is 0 Å². The summed E-state index contributed by atoms with van der Waals surface area (Å²) >= 11 is 0. The van der Waals surface area contributed by atoms with Crippen LogP contribution in [0.15, 0.2) is 97.6 Å². The number of rotatable bonds is 9. The largest absolute Gasteiger partial charge is 0.256 e. The maximum Gasteiger partial charge on any atom is 0.0694 e. The van der Waals surface area contributed by atoms with E-state index in [1.54, 1.807) is 0 Å². The highest BCUT2D eigenvalue weighted by Gasteiger charge is 2.30. The number of aromatic nitrogens is 4. The van der Waals surface area contributed by atoms with Crippen LogP contribution in [0.2, 0.25) is 0 Å². The summed E-state index contributed by atoms with van der Waals surface area (Å²) in [5, 5.41) is 0. The second-order valence-electron chi connectivity index (χ2n) is 7.17. The maximum atomic E-state index is 4.78. The lowest BCUT2D eigenvalue weighted by atomic mass is 10.3. The van der Waals surface area contributed by atoms with Gasteiger partial charge in [0.25, 0.3) is 0 Å². The van der Waals surface area contributed by atoms with Gasteiger partial charge in [-0.2, -0.15) is 0 Å². The van der Waals surface area contributed by atoms with E-state index in [9.17, 15) is 0 Å². The summed E-state index contributed by atoms with van der Waals surface area (Å²) in [5.74, 6) is 0. The Balaban J connectivity index is 1.76. The van der Waals surface area contributed by atoms with Gasteiger partial charge in [0.05, 0.1) is 21.7 Å². The minimum Gasteiger partial charge on any atom is -0.256 e. The molecule has 1 atom stereocenters. The Kier molecular flexibility index (Phi) is 7.82. The quantitative estimate of drug-likeness (QED) is 0.366. The number of pyridine rings is 4. The Morgan fingerprint density at radius 3 is 1.39 bits per heavy atom. The second kappa shape index (κ2) is 11.2. The van der Waals surface area contributed by atoms with E-state index in [4.69, 9.17) is 19.9 Å². The molecule has 0 spiro atoms. The Hall–Kier alpha value is -2.54. The lowest BCUT2D eigenvalue weighted by molar-refractivity contribution is 0.786. The van der Waals surface area contributed by atoms with Crippen molar-refractivity contribution in [1.29, 1.82) is 0 Å². The van der Waals surface area contributed by atoms with E-state index >= 15 is 0 Å². The van der Waals surface area contributed by atoms with Gasteiger partial charge < -0.3 is 0 Å². The highest BCUT2D eigenvalue weighted by atomic mass is 31.1. The summed E-state index contributed by atoms with van der Waals surface area (Å²) in [6.07, 6.45) is 10.9. The van der Waals surface area contributed by atoms with E-state index in [0.29, 0.717) is 5.66 Å². The van der Waals surface area contributed by atoms with Crippen LogP contribution in [-0.4, -0.2) is 31.8 Å². The van der Waals surface area contributed by atoms with Gasteiger partial charge in [-0.05, 0) is 82.6 Å². The van der Waals surface area contributed by atoms with Crippen molar-refractivity contribution in [3.63, 3.8) is 0 Å². The Morgan fingerprint density at radius 1 is 0.613 bits per heavy atom. The molecule has 0 aliphatic rings. The molecule has 0 radical (unpaired) electrons. The van der Waals surface area contributed by atoms with Gasteiger partial charge in [0, 0.05) is 24.8 Å². The first kappa shape index (κ1) is 21.7. The van der Waals surface area contributed by atoms with Crippen molar-refractivity contribution >= 4 is 37.6 Å². The predicted molar refractivity (Wildman–Crippen MR) is 133 cm³/mol. The molecule has 4 rings (SSSR count). The van der Waals surface area contributed by atoms with Crippen LogP contribution in [0.5, 0.6) is 0 Å². The first-order chi connectivity index (χ1) is 15.4. The van der Waals surface area contributed by atoms with Crippen molar-refractivity contribution in [2.45, 2.75) is 25.4 Å². The summed E-state index contributed by atoms with van der Waals surface area (Å²) in [6, 6.07) is 24.9. The normalized spacial score (nSPS) is 12.2. The van der Waals surface area contributed by atoms with Crippen LogP contribution in [0.4, 0.5) is 0 Å². The topological polar surface area (TPSA) is 51.6 Å². The fraction of sp³-hybridized carbons (Fsp3) is 0.200. The molecular formula is C25H26N4P2. The summed E-state index contributed by atoms with van der Waals surface area (Å²) < 4.78 is 0. The molecule has 1 unspecified atom stereocenters. The van der Waals surface area contributed by atoms with E-state index < -0.39 is 15.8 Å². The molecule has 6 heteroatoms. The third-order valence-corrected chi connectivity index (χ3v) is 10.4. The standard InChI is InChI=1S/C25H26N4P2/c1-2-11-21(31(24-14-5-9-18-28-24)25-15-6-10-19-29-25)20-30(22-12-3-7-16-26-22)23-13-4-8-17-27-23/h3-10,12-19,21H,2,11,20H2,1H3. The van der Waals surface area contributed by atoms with E-state index in [0.717, 1.165) is 40.7 Å². The van der Waals surface area contributed by atoms with Crippen molar-refractivity contribution in [1.82, 2.24) is 19.9 Å². The van der Waals surface area contributed by atoms with Gasteiger partial charge in [0.1, 0.15) is 0 Å². The lowest BCUT2D eigenvalue weighted by Gasteiger charge is -2.30. The van der Waals surface area contributed by atoms with Crippen LogP contribution in [0.1, 0.15) is 19.8 Å². The number of hydrogen-bond acceptors (Lipinski definition) is 4. The molecular weight excluding hydrogens is 418 g/mol. The van der Waals surface area contributed by atoms with Gasteiger partial charge in [0.2, 0.25) is 0 Å². The molecule has 0 N–H and O–H groups in total. The van der Waals surface area contributed by atoms with Crippen molar-refractivity contribution in [2.75, 3.05) is 6.16 Å². The molecule has 0 fully saturated rings. The molecule has 0 saturated carbocycles. The summed E-state index contributed by atoms with van der Waals surface area (Å²) in [6.45, 7) is 2.27. The third kappa shape index (κ3) is 5.58. The minimum absolute atomic E-state index is 0.444. The zero-order valence-corrected chi connectivity index (χ0v) is 19.4. The maximum absolute atomic E-state index is 4.78. The molecule has 4 aromatic rings. The SMILES string of the molecule is CCCC(CP(c1ccccn1)c1ccccn1)P(c1ccccn1)c1ccccn1. The van der Waals surface area contributed by atoms with E-state index in [-0.39, 0.29) is 0 Å². The average Bonchev–Trinajstić information content (AvgIpc) is 2.85. The van der Waals surface area contributed by atoms with E-state index in [1.165, 1.54) is 0 Å². The zero-order valence-electron chi connectivity index (χ0n) is 17.6. The first-order valence-corrected chi connectivity index (χ1v) is 13.5. The van der Waals surface area contributed by atoms with Gasteiger partial charge in [0.15, 0.2) is 0 Å². The van der Waals surface area contributed by atoms with E-state index in [2.05, 4.69) is 55.5 Å². The monoisotopic (exact) mass is 444 g/mol. The first-order valence-electron chi connectivity index (χ1n) is 10.6. The second-order valence-corrected chi connectivity index (χ2v) is 11.7. The minimum atomic E-state index is -0.695. The van der Waals surface area contributed by atoms with Crippen LogP contribution in [0.25, 0.3) is 0 Å². The molecule has 0 saturated heterocycles. The Morgan fingerprint density at radius 2 is 1.03 bits per heavy atom. The van der Waals surface area contributed by atoms with Crippen LogP contribution >= 0.6 is 15.8 Å². The van der Waals surface area contributed by atoms with Crippen LogP contribution < -0.4 is 21.7 Å². The third-order valence-electron chi connectivity index (χ3n) is 5.02. The number of nitrogens with zero attached hydrogens (tertiary/aromatic N) is 4. The molecule has 4 heterocycles. The van der Waals surface area contributed by atoms with Gasteiger partial charge >= 0.3 is 0 Å². The summed E-state index contributed by atoms with van der Waals surface area (Å²) in [5.41, 5.74) is 5.00. The smallest absolute Gasteiger partial charge is 0.0694 e. The van der Waals surface area contributed by atoms with Gasteiger partial charge in [-0.15, -0.1) is 0 Å². The fourth-order valence-electron chi connectivity index (χ4n) is 3.66. The van der Waals surface area contributed by atoms with Crippen molar-refractivity contribution in [2.24, 2.45) is 0 Å². The van der Waals surface area contributed by atoms with Gasteiger partial charge in [-0.1, -0.05) is 37.6 Å². The van der Waals surface area contributed by atoms with Crippen LogP contribution in [0, 0.1) is 0 Å². The van der Waals surface area contributed by atoms with Gasteiger partial charge in [-0.3, -0.25) is 19.9 Å². The molecule has 0 aliphatic heterocycles. The molecule has 0 amide bonds. The van der Waals surface area contributed by atoms with E-state index in [1.807, 2.05) is 49.1 Å². The lowest BCUT2D eigenvalue weighted by Crippen LogP contribution is -2.30. The Bertz CT molecular complexity index is 955. The molecule has 0 aromatic carbocycles. The molecule has 4 aromatic heterocycles. The highest BCUT2D eigenvalue weighted by Crippen LogP contribution is 2.47. The van der Waals surface area contributed by atoms with Crippen molar-refractivity contribution in [3.05, 3.63) is 97.6 Å². The fourth-order valence-corrected chi connectivity index (χ4v) is 9.34. The average molecular weight is 444 g/mol. The zero-order chi connectivity index (χ0) is 21.3. The van der Waals surface area contributed by atoms with Crippen molar-refractivity contribution < 1.29 is 0 Å².